The fourth-order valence-electron chi connectivity index (χ4n) is 1.09. The van der Waals surface area contributed by atoms with Gasteiger partial charge in [0.2, 0.25) is 0 Å². The molecule has 0 saturated heterocycles. The zero-order chi connectivity index (χ0) is 9.61. The van der Waals surface area contributed by atoms with Gasteiger partial charge >= 0.3 is 0 Å². The number of nitrogens with zero attached hydrogens (tertiary/aromatic N) is 1. The predicted octanol–water partition coefficient (Wildman–Crippen LogP) is 2.68. The predicted molar refractivity (Wildman–Crippen MR) is 53.3 cm³/mol. The molecule has 0 aliphatic rings. The third-order valence-electron chi connectivity index (χ3n) is 1.35. The summed E-state index contributed by atoms with van der Waals surface area (Å²) in [6.45, 7) is 12.7. The van der Waals surface area contributed by atoms with Crippen LogP contribution in [0.2, 0.25) is 0 Å². The second-order valence-corrected chi connectivity index (χ2v) is 4.13. The molecule has 0 unspecified atom stereocenters. The second kappa shape index (κ2) is 5.55. The molecule has 0 aliphatic heterocycles. The molecule has 0 aromatic carbocycles. The third-order valence-corrected chi connectivity index (χ3v) is 1.35. The van der Waals surface area contributed by atoms with E-state index in [0.29, 0.717) is 0 Å². The zero-order valence-corrected chi connectivity index (χ0v) is 9.18. The van der Waals surface area contributed by atoms with Gasteiger partial charge in [-0.1, -0.05) is 13.8 Å². The molecule has 0 bridgehead atoms. The van der Waals surface area contributed by atoms with E-state index in [-0.39, 0.29) is 5.60 Å². The SMILES string of the molecule is CCC[N+](CCC)OC(C)(C)C. The summed E-state index contributed by atoms with van der Waals surface area (Å²) in [5, 5.41) is 2.07. The van der Waals surface area contributed by atoms with Gasteiger partial charge in [-0.25, -0.2) is 0 Å². The van der Waals surface area contributed by atoms with Crippen molar-refractivity contribution in [2.45, 2.75) is 53.1 Å². The lowest BCUT2D eigenvalue weighted by Crippen LogP contribution is -2.39. The van der Waals surface area contributed by atoms with Crippen LogP contribution >= 0.6 is 0 Å². The average molecular weight is 173 g/mol. The number of hydrogen-bond acceptors (Lipinski definition) is 2. The Bertz CT molecular complexity index is 101. The van der Waals surface area contributed by atoms with Crippen LogP contribution in [0.3, 0.4) is 0 Å². The highest BCUT2D eigenvalue weighted by Crippen LogP contribution is 2.08. The van der Waals surface area contributed by atoms with Gasteiger partial charge in [0.05, 0.1) is 0 Å². The highest BCUT2D eigenvalue weighted by Gasteiger charge is 2.24. The van der Waals surface area contributed by atoms with Gasteiger partial charge in [0.15, 0.2) is 13.1 Å². The Balaban J connectivity index is 3.77. The van der Waals surface area contributed by atoms with E-state index in [1.54, 1.807) is 0 Å². The first kappa shape index (κ1) is 11.9. The molecular weight excluding hydrogens is 150 g/mol. The van der Waals surface area contributed by atoms with E-state index >= 15 is 0 Å². The van der Waals surface area contributed by atoms with E-state index in [1.807, 2.05) is 0 Å². The summed E-state index contributed by atoms with van der Waals surface area (Å²) in [6.07, 6.45) is 2.30. The minimum Gasteiger partial charge on any atom is -0.143 e. The summed E-state index contributed by atoms with van der Waals surface area (Å²) in [5.41, 5.74) is -0.0513. The van der Waals surface area contributed by atoms with E-state index in [2.05, 4.69) is 39.7 Å². The van der Waals surface area contributed by atoms with Gasteiger partial charge in [0.25, 0.3) is 0 Å². The molecule has 1 radical (unpaired) electrons. The van der Waals surface area contributed by atoms with E-state index in [9.17, 15) is 0 Å². The maximum Gasteiger partial charge on any atom is 0.159 e. The van der Waals surface area contributed by atoms with Gasteiger partial charge in [0.1, 0.15) is 5.60 Å². The maximum atomic E-state index is 5.75. The van der Waals surface area contributed by atoms with Crippen LogP contribution in [-0.4, -0.2) is 18.7 Å². The molecule has 0 spiro atoms. The molecule has 0 rings (SSSR count). The Morgan fingerprint density at radius 3 is 1.67 bits per heavy atom. The van der Waals surface area contributed by atoms with E-state index in [1.165, 1.54) is 0 Å². The molecule has 0 N–H and O–H groups in total. The third kappa shape index (κ3) is 6.62. The maximum absolute atomic E-state index is 5.75. The Morgan fingerprint density at radius 1 is 1.00 bits per heavy atom. The fourth-order valence-corrected chi connectivity index (χ4v) is 1.09. The average Bonchev–Trinajstić information content (AvgIpc) is 1.84. The molecule has 0 aliphatic carbocycles. The Hall–Kier alpha value is -0.0800. The molecule has 0 amide bonds. The van der Waals surface area contributed by atoms with Crippen LogP contribution in [0.5, 0.6) is 0 Å². The first-order chi connectivity index (χ1) is 5.49. The van der Waals surface area contributed by atoms with E-state index in [4.69, 9.17) is 4.84 Å². The molecule has 0 atom stereocenters. The van der Waals surface area contributed by atoms with Crippen LogP contribution in [0.1, 0.15) is 47.5 Å². The summed E-state index contributed by atoms with van der Waals surface area (Å²) in [4.78, 5) is 5.75. The molecule has 2 nitrogen and oxygen atoms in total. The number of hydrogen-bond donors (Lipinski definition) is 0. The summed E-state index contributed by atoms with van der Waals surface area (Å²) in [5.74, 6) is 0. The van der Waals surface area contributed by atoms with Crippen molar-refractivity contribution in [1.82, 2.24) is 5.06 Å². The van der Waals surface area contributed by atoms with E-state index in [0.717, 1.165) is 25.9 Å². The summed E-state index contributed by atoms with van der Waals surface area (Å²) >= 11 is 0. The van der Waals surface area contributed by atoms with Gasteiger partial charge < -0.3 is 0 Å². The molecule has 73 valence electrons. The largest absolute Gasteiger partial charge is 0.159 e. The first-order valence-corrected chi connectivity index (χ1v) is 4.93. The van der Waals surface area contributed by atoms with Crippen molar-refractivity contribution < 1.29 is 4.84 Å². The van der Waals surface area contributed by atoms with Gasteiger partial charge in [-0.15, -0.1) is 4.84 Å². The fraction of sp³-hybridized carbons (Fsp3) is 1.00. The van der Waals surface area contributed by atoms with Gasteiger partial charge in [-0.05, 0) is 25.8 Å². The standard InChI is InChI=1S/C10H23NO/c1-6-8-11(9-7-2)12-10(3,4)5/h6-9H2,1-5H3/q+1. The van der Waals surface area contributed by atoms with Crippen molar-refractivity contribution >= 4 is 0 Å². The second-order valence-electron chi connectivity index (χ2n) is 4.13. The van der Waals surface area contributed by atoms with Crippen LogP contribution in [0.25, 0.3) is 0 Å². The monoisotopic (exact) mass is 173 g/mol. The van der Waals surface area contributed by atoms with E-state index < -0.39 is 0 Å². The molecular formula is C10H23NO+. The first-order valence-electron chi connectivity index (χ1n) is 4.93. The molecule has 2 heteroatoms. The molecule has 0 fully saturated rings. The van der Waals surface area contributed by atoms with Crippen LogP contribution < -0.4 is 5.06 Å². The van der Waals surface area contributed by atoms with Crippen molar-refractivity contribution in [1.29, 1.82) is 0 Å². The number of hydroxylamine groups is 2. The zero-order valence-electron chi connectivity index (χ0n) is 9.18. The van der Waals surface area contributed by atoms with Crippen LogP contribution in [0.15, 0.2) is 0 Å². The molecule has 0 saturated carbocycles. The van der Waals surface area contributed by atoms with Crippen LogP contribution in [0, 0.1) is 0 Å². The van der Waals surface area contributed by atoms with Gasteiger partial charge in [-0.2, -0.15) is 0 Å². The van der Waals surface area contributed by atoms with Crippen molar-refractivity contribution in [3.63, 3.8) is 0 Å². The molecule has 0 aromatic heterocycles. The summed E-state index contributed by atoms with van der Waals surface area (Å²) in [6, 6.07) is 0. The smallest absolute Gasteiger partial charge is 0.143 e. The molecule has 0 heterocycles. The van der Waals surface area contributed by atoms with Gasteiger partial charge in [0, 0.05) is 12.8 Å². The van der Waals surface area contributed by atoms with Gasteiger partial charge in [-0.3, -0.25) is 0 Å². The molecule has 12 heavy (non-hydrogen) atoms. The normalized spacial score (nSPS) is 12.5. The van der Waals surface area contributed by atoms with Crippen molar-refractivity contribution in [2.24, 2.45) is 0 Å². The highest BCUT2D eigenvalue weighted by atomic mass is 16.7. The number of rotatable bonds is 5. The minimum absolute atomic E-state index is 0.0513. The minimum atomic E-state index is -0.0513. The molecule has 0 aromatic rings. The topological polar surface area (TPSA) is 15.1 Å². The Labute approximate surface area is 76.9 Å². The lowest BCUT2D eigenvalue weighted by Gasteiger charge is -2.18. The van der Waals surface area contributed by atoms with Crippen LogP contribution in [0.4, 0.5) is 0 Å². The summed E-state index contributed by atoms with van der Waals surface area (Å²) in [7, 11) is 0. The van der Waals surface area contributed by atoms with Crippen LogP contribution in [-0.2, 0) is 4.84 Å². The van der Waals surface area contributed by atoms with Crippen molar-refractivity contribution in [3.8, 4) is 0 Å². The Kier molecular flexibility index (Phi) is 5.51. The van der Waals surface area contributed by atoms with Crippen molar-refractivity contribution in [2.75, 3.05) is 13.1 Å². The quantitative estimate of drug-likeness (QED) is 0.461. The lowest BCUT2D eigenvalue weighted by molar-refractivity contribution is -0.156. The Morgan fingerprint density at radius 2 is 1.42 bits per heavy atom. The summed E-state index contributed by atoms with van der Waals surface area (Å²) < 4.78 is 0. The van der Waals surface area contributed by atoms with Crippen molar-refractivity contribution in [3.05, 3.63) is 0 Å². The lowest BCUT2D eigenvalue weighted by atomic mass is 10.2. The highest BCUT2D eigenvalue weighted by molar-refractivity contribution is 4.60.